The summed E-state index contributed by atoms with van der Waals surface area (Å²) in [4.78, 5) is 9.26. The van der Waals surface area contributed by atoms with Crippen LogP contribution in [0.1, 0.15) is 18.4 Å². The van der Waals surface area contributed by atoms with Gasteiger partial charge in [0.15, 0.2) is 6.29 Å². The van der Waals surface area contributed by atoms with Crippen LogP contribution < -0.4 is 0 Å². The average molecular weight is 1140 g/mol. The Morgan fingerprint density at radius 3 is 1.77 bits per heavy atom. The zero-order valence-corrected chi connectivity index (χ0v) is 39.6. The number of ether oxygens (including phenoxy) is 4. The maximum absolute atomic E-state index is 15.1. The highest BCUT2D eigenvalue weighted by atomic mass is 32.2. The molecule has 74 heavy (non-hydrogen) atoms. The molecule has 1 aliphatic carbocycles. The number of hydrogen-bond acceptors (Lipinski definition) is 10. The van der Waals surface area contributed by atoms with Crippen LogP contribution in [0.15, 0.2) is 107 Å². The van der Waals surface area contributed by atoms with E-state index in [1.54, 1.807) is 6.08 Å². The molecule has 4 rings (SSSR count). The summed E-state index contributed by atoms with van der Waals surface area (Å²) < 4.78 is 316. The Morgan fingerprint density at radius 1 is 0.743 bits per heavy atom. The predicted octanol–water partition coefficient (Wildman–Crippen LogP) is 9.75. The van der Waals surface area contributed by atoms with Crippen LogP contribution in [-0.2, 0) is 39.0 Å². The molecule has 1 aliphatic heterocycles. The average Bonchev–Trinajstić information content (AvgIpc) is 3.78. The summed E-state index contributed by atoms with van der Waals surface area (Å²) in [6.45, 7) is 3.72. The second kappa shape index (κ2) is 22.1. The third kappa shape index (κ3) is 11.9. The summed E-state index contributed by atoms with van der Waals surface area (Å²) in [7, 11) is -8.72. The Bertz CT molecular complexity index is 2620. The van der Waals surface area contributed by atoms with Crippen molar-refractivity contribution in [3.05, 3.63) is 113 Å². The number of hydrogen-bond donors (Lipinski definition) is 0. The van der Waals surface area contributed by atoms with Crippen LogP contribution in [0.5, 0.6) is 0 Å². The van der Waals surface area contributed by atoms with Gasteiger partial charge in [0.2, 0.25) is 20.0 Å². The van der Waals surface area contributed by atoms with Crippen molar-refractivity contribution < 1.29 is 115 Å². The van der Waals surface area contributed by atoms with Crippen LogP contribution in [0.3, 0.4) is 0 Å². The van der Waals surface area contributed by atoms with E-state index in [2.05, 4.69) is 13.2 Å². The molecule has 1 heterocycles. The largest absolute Gasteiger partial charge is 0.460 e. The number of aryl methyl sites for hydroxylation is 1. The van der Waals surface area contributed by atoms with E-state index >= 15 is 8.78 Å². The van der Waals surface area contributed by atoms with Gasteiger partial charge in [-0.15, -0.1) is 6.58 Å². The Hall–Kier alpha value is -4.73. The van der Waals surface area contributed by atoms with E-state index in [4.69, 9.17) is 18.9 Å². The number of benzene rings is 2. The molecule has 2 aromatic rings. The van der Waals surface area contributed by atoms with E-state index in [-0.39, 0.29) is 22.2 Å². The fourth-order valence-corrected chi connectivity index (χ4v) is 10.0. The van der Waals surface area contributed by atoms with E-state index in [0.717, 1.165) is 59.9 Å². The number of rotatable bonds is 26. The third-order valence-corrected chi connectivity index (χ3v) is 14.9. The second-order valence-corrected chi connectivity index (χ2v) is 20.2. The smallest absolute Gasteiger partial charge is 0.370 e. The number of alkyl halides is 17. The number of methoxy groups -OCH3 is 1. The SMILES string of the molecule is C=CCO[C@@H]1C=C[C@@H](N(C[C@@H]2C=C[C@@H](OCC(=C)CN(CCC(F)(F)C(F)(F)C(F)(F)C(F)(F)C(F)(F)C(F)(F)C(F)(F)C(F)(F)F)S(=O)(=O)c3ccc(C)cc3)[C@@H](OC)O2)S(=O)(=O)c2ccc([N+](=O)[O-])cc2)C1. The molecule has 0 radical (unpaired) electrons. The third-order valence-electron chi connectivity index (χ3n) is 11.2. The highest BCUT2D eigenvalue weighted by Gasteiger charge is 2.95. The Balaban J connectivity index is 1.58. The molecule has 0 amide bonds. The Labute approximate surface area is 410 Å². The van der Waals surface area contributed by atoms with E-state index in [0.29, 0.717) is 5.56 Å². The summed E-state index contributed by atoms with van der Waals surface area (Å²) in [5, 5.41) is 11.2. The summed E-state index contributed by atoms with van der Waals surface area (Å²) in [6.07, 6.45) is -8.37. The van der Waals surface area contributed by atoms with Crippen molar-refractivity contribution in [3.63, 3.8) is 0 Å². The minimum absolute atomic E-state index is 0.0929. The molecule has 2 aliphatic rings. The van der Waals surface area contributed by atoms with Gasteiger partial charge in [0, 0.05) is 51.3 Å². The summed E-state index contributed by atoms with van der Waals surface area (Å²) in [5.74, 6) is -58.3. The van der Waals surface area contributed by atoms with Crippen molar-refractivity contribution >= 4 is 25.7 Å². The van der Waals surface area contributed by atoms with Crippen LogP contribution in [0.4, 0.5) is 80.3 Å². The number of nitro benzene ring substituents is 1. The van der Waals surface area contributed by atoms with Crippen LogP contribution >= 0.6 is 0 Å². The zero-order chi connectivity index (χ0) is 56.5. The van der Waals surface area contributed by atoms with Gasteiger partial charge in [-0.05, 0) is 43.2 Å². The monoisotopic (exact) mass is 1140 g/mol. The molecule has 13 nitrogen and oxygen atoms in total. The molecule has 5 atom stereocenters. The van der Waals surface area contributed by atoms with Crippen molar-refractivity contribution in [2.24, 2.45) is 0 Å². The number of nitro groups is 1. The first kappa shape index (κ1) is 61.8. The van der Waals surface area contributed by atoms with Crippen LogP contribution in [0.25, 0.3) is 0 Å². The molecule has 0 saturated carbocycles. The van der Waals surface area contributed by atoms with Crippen molar-refractivity contribution in [2.45, 2.75) is 108 Å². The fourth-order valence-electron chi connectivity index (χ4n) is 6.96. The molecule has 0 N–H and O–H groups in total. The van der Waals surface area contributed by atoms with E-state index < -0.39 is 152 Å². The molecule has 0 bridgehead atoms. The Morgan fingerprint density at radius 2 is 1.26 bits per heavy atom. The first-order chi connectivity index (χ1) is 33.7. The normalized spacial score (nSPS) is 20.9. The summed E-state index contributed by atoms with van der Waals surface area (Å²) in [5.41, 5.74) is -0.584. The van der Waals surface area contributed by atoms with Gasteiger partial charge < -0.3 is 18.9 Å². The van der Waals surface area contributed by atoms with Crippen molar-refractivity contribution in [3.8, 4) is 0 Å². The maximum Gasteiger partial charge on any atom is 0.460 e. The summed E-state index contributed by atoms with van der Waals surface area (Å²) in [6, 6.07) is 6.86. The first-order valence-electron chi connectivity index (χ1n) is 20.8. The maximum atomic E-state index is 15.1. The molecular formula is C42H42F17N3O10S2. The van der Waals surface area contributed by atoms with Crippen molar-refractivity contribution in [2.75, 3.05) is 40.0 Å². The lowest BCUT2D eigenvalue weighted by Crippen LogP contribution is -2.74. The minimum Gasteiger partial charge on any atom is -0.370 e. The van der Waals surface area contributed by atoms with Gasteiger partial charge in [0.1, 0.15) is 6.10 Å². The molecule has 2 aromatic carbocycles. The van der Waals surface area contributed by atoms with Gasteiger partial charge >= 0.3 is 47.6 Å². The van der Waals surface area contributed by atoms with E-state index in [9.17, 15) is 92.8 Å². The number of halogens is 17. The lowest BCUT2D eigenvalue weighted by molar-refractivity contribution is -0.461. The standard InChI is InChI=1S/C42H42F17N3O10S2/c1-5-20-70-29-11-8-28(21-29)61(74(67,68)32-15-9-27(10-16-32)62(63)64)23-30-12-17-33(34(69-4)72-30)71-24-26(3)22-60(73(65,66)31-13-6-25(2)7-14-31)19-18-35(43,44)36(45,46)37(47,48)38(49,50)39(51,52)40(53,54)41(55,56)42(57,58)59/h5-17,28-30,33-34H,1,3,18-24H2,2,4H3/t28-,29-,30+,33-,34+/m1/s1. The lowest BCUT2D eigenvalue weighted by Gasteiger charge is -2.43. The van der Waals surface area contributed by atoms with E-state index in [1.165, 1.54) is 31.2 Å². The molecule has 0 spiro atoms. The first-order valence-corrected chi connectivity index (χ1v) is 23.7. The number of non-ortho nitro benzene ring substituents is 1. The van der Waals surface area contributed by atoms with Gasteiger partial charge in [-0.25, -0.2) is 16.8 Å². The van der Waals surface area contributed by atoms with Crippen LogP contribution in [0.2, 0.25) is 0 Å². The van der Waals surface area contributed by atoms with Gasteiger partial charge in [0.25, 0.3) is 5.69 Å². The molecule has 0 saturated heterocycles. The van der Waals surface area contributed by atoms with Crippen LogP contribution in [-0.4, -0.2) is 149 Å². The zero-order valence-electron chi connectivity index (χ0n) is 37.9. The highest BCUT2D eigenvalue weighted by molar-refractivity contribution is 7.89. The van der Waals surface area contributed by atoms with Crippen LogP contribution in [0, 0.1) is 17.0 Å². The molecule has 32 heteroatoms. The van der Waals surface area contributed by atoms with Crippen molar-refractivity contribution in [1.82, 2.24) is 8.61 Å². The second-order valence-electron chi connectivity index (χ2n) is 16.4. The highest BCUT2D eigenvalue weighted by Crippen LogP contribution is 2.64. The Kier molecular flexibility index (Phi) is 18.4. The minimum atomic E-state index is -8.85. The summed E-state index contributed by atoms with van der Waals surface area (Å²) >= 11 is 0. The molecule has 0 aromatic heterocycles. The van der Waals surface area contributed by atoms with Crippen molar-refractivity contribution in [1.29, 1.82) is 0 Å². The lowest BCUT2D eigenvalue weighted by atomic mass is 9.88. The van der Waals surface area contributed by atoms with Gasteiger partial charge in [-0.2, -0.15) is 83.2 Å². The number of sulfonamides is 2. The fraction of sp³-hybridized carbons (Fsp3) is 0.524. The molecule has 416 valence electrons. The van der Waals surface area contributed by atoms with E-state index in [1.807, 2.05) is 0 Å². The molecule has 0 fully saturated rings. The quantitative estimate of drug-likeness (QED) is 0.0385. The van der Waals surface area contributed by atoms with Gasteiger partial charge in [0.05, 0.1) is 40.1 Å². The topological polar surface area (TPSA) is 155 Å². The van der Waals surface area contributed by atoms with Gasteiger partial charge in [-0.1, -0.05) is 54.7 Å². The van der Waals surface area contributed by atoms with Gasteiger partial charge in [-0.3, -0.25) is 10.1 Å². The molecular weight excluding hydrogens is 1090 g/mol. The number of nitrogens with zero attached hydrogens (tertiary/aromatic N) is 3. The molecule has 0 unspecified atom stereocenters. The predicted molar refractivity (Wildman–Crippen MR) is 223 cm³/mol.